The number of thiol groups is 1. The largest absolute Gasteiger partial charge is 0.494 e. The molecule has 31 heavy (non-hydrogen) atoms. The van der Waals surface area contributed by atoms with E-state index in [0.29, 0.717) is 24.7 Å². The number of carbonyl (C=O) groups excluding carboxylic acids is 1. The van der Waals surface area contributed by atoms with Gasteiger partial charge >= 0.3 is 6.03 Å². The predicted octanol–water partition coefficient (Wildman–Crippen LogP) is 5.84. The molecule has 7 heteroatoms. The summed E-state index contributed by atoms with van der Waals surface area (Å²) in [7, 11) is 0. The second kappa shape index (κ2) is 11.8. The number of unbranched alkanes of at least 4 members (excludes halogenated alkanes) is 2. The Hall–Kier alpha value is -3.32. The molecule has 3 rings (SSSR count). The van der Waals surface area contributed by atoms with Crippen LogP contribution in [0.2, 0.25) is 0 Å². The van der Waals surface area contributed by atoms with E-state index in [1.807, 2.05) is 60.7 Å². The van der Waals surface area contributed by atoms with Gasteiger partial charge in [-0.1, -0.05) is 43.1 Å². The number of benzene rings is 3. The van der Waals surface area contributed by atoms with E-state index in [9.17, 15) is 4.79 Å². The molecule has 162 valence electrons. The van der Waals surface area contributed by atoms with Gasteiger partial charge in [-0.3, -0.25) is 0 Å². The van der Waals surface area contributed by atoms with Crippen molar-refractivity contribution in [3.05, 3.63) is 78.9 Å². The number of rotatable bonds is 11. The monoisotopic (exact) mass is 438 g/mol. The Balaban J connectivity index is 1.33. The first-order chi connectivity index (χ1) is 15.1. The van der Waals surface area contributed by atoms with Gasteiger partial charge in [0.1, 0.15) is 23.0 Å². The summed E-state index contributed by atoms with van der Waals surface area (Å²) in [5, 5.41) is 0. The molecule has 0 fully saturated rings. The van der Waals surface area contributed by atoms with Crippen LogP contribution in [0.1, 0.15) is 19.3 Å². The van der Waals surface area contributed by atoms with Crippen molar-refractivity contribution in [2.75, 3.05) is 17.5 Å². The van der Waals surface area contributed by atoms with Crippen molar-refractivity contribution in [3.8, 4) is 23.0 Å². The molecular formula is C24H26N2O4S. The number of para-hydroxylation sites is 1. The van der Waals surface area contributed by atoms with E-state index in [-0.39, 0.29) is 0 Å². The molecule has 0 saturated heterocycles. The Morgan fingerprint density at radius 2 is 1.32 bits per heavy atom. The summed E-state index contributed by atoms with van der Waals surface area (Å²) in [4.78, 5) is 11.2. The van der Waals surface area contributed by atoms with Gasteiger partial charge in [0.2, 0.25) is 0 Å². The summed E-state index contributed by atoms with van der Waals surface area (Å²) in [5.74, 6) is 2.99. The Morgan fingerprint density at radius 1 is 0.742 bits per heavy atom. The number of primary amides is 1. The first kappa shape index (κ1) is 22.4. The topological polar surface area (TPSA) is 74.0 Å². The van der Waals surface area contributed by atoms with Gasteiger partial charge in [-0.15, -0.1) is 0 Å². The van der Waals surface area contributed by atoms with E-state index in [1.54, 1.807) is 18.2 Å². The van der Waals surface area contributed by atoms with Crippen molar-refractivity contribution in [1.29, 1.82) is 0 Å². The SMILES string of the molecule is NC(=O)N(S)c1cccc(OCCCCCOc2cccc(Oc3ccccc3)c2)c1. The second-order valence-electron chi connectivity index (χ2n) is 6.79. The number of nitrogens with zero attached hydrogens (tertiary/aromatic N) is 1. The van der Waals surface area contributed by atoms with Crippen LogP contribution in [0.15, 0.2) is 78.9 Å². The van der Waals surface area contributed by atoms with E-state index in [0.717, 1.165) is 40.8 Å². The zero-order valence-corrected chi connectivity index (χ0v) is 18.0. The van der Waals surface area contributed by atoms with Gasteiger partial charge in [0.05, 0.1) is 18.9 Å². The third kappa shape index (κ3) is 7.46. The molecule has 0 aromatic heterocycles. The predicted molar refractivity (Wildman–Crippen MR) is 125 cm³/mol. The molecular weight excluding hydrogens is 412 g/mol. The maximum Gasteiger partial charge on any atom is 0.329 e. The molecule has 0 aliphatic rings. The van der Waals surface area contributed by atoms with E-state index in [2.05, 4.69) is 12.8 Å². The maximum atomic E-state index is 11.2. The highest BCUT2D eigenvalue weighted by Crippen LogP contribution is 2.25. The van der Waals surface area contributed by atoms with Crippen LogP contribution in [0.5, 0.6) is 23.0 Å². The molecule has 0 saturated carbocycles. The van der Waals surface area contributed by atoms with E-state index in [4.69, 9.17) is 19.9 Å². The normalized spacial score (nSPS) is 10.4. The van der Waals surface area contributed by atoms with Crippen molar-refractivity contribution >= 4 is 24.5 Å². The van der Waals surface area contributed by atoms with Crippen LogP contribution in [0.3, 0.4) is 0 Å². The summed E-state index contributed by atoms with van der Waals surface area (Å²) in [6.07, 6.45) is 2.78. The van der Waals surface area contributed by atoms with Crippen LogP contribution >= 0.6 is 12.8 Å². The van der Waals surface area contributed by atoms with Crippen LogP contribution in [0.25, 0.3) is 0 Å². The maximum absolute atomic E-state index is 11.2. The first-order valence-corrected chi connectivity index (χ1v) is 10.5. The third-order valence-corrected chi connectivity index (χ3v) is 4.81. The number of carbonyl (C=O) groups is 1. The highest BCUT2D eigenvalue weighted by molar-refractivity contribution is 7.82. The number of urea groups is 1. The van der Waals surface area contributed by atoms with Crippen LogP contribution in [-0.4, -0.2) is 19.2 Å². The Kier molecular flexibility index (Phi) is 8.48. The van der Waals surface area contributed by atoms with Crippen molar-refractivity contribution in [1.82, 2.24) is 0 Å². The number of ether oxygens (including phenoxy) is 3. The summed E-state index contributed by atoms with van der Waals surface area (Å²) < 4.78 is 18.5. The van der Waals surface area contributed by atoms with Crippen LogP contribution in [0, 0.1) is 0 Å². The van der Waals surface area contributed by atoms with Gasteiger partial charge < -0.3 is 19.9 Å². The molecule has 2 N–H and O–H groups in total. The number of anilines is 1. The lowest BCUT2D eigenvalue weighted by molar-refractivity contribution is 0.257. The highest BCUT2D eigenvalue weighted by Gasteiger charge is 2.08. The fraction of sp³-hybridized carbons (Fsp3) is 0.208. The lowest BCUT2D eigenvalue weighted by Crippen LogP contribution is -2.27. The highest BCUT2D eigenvalue weighted by atomic mass is 32.1. The molecule has 3 aromatic carbocycles. The lowest BCUT2D eigenvalue weighted by Gasteiger charge is -2.14. The number of amides is 2. The summed E-state index contributed by atoms with van der Waals surface area (Å²) in [5.41, 5.74) is 5.79. The van der Waals surface area contributed by atoms with Crippen LogP contribution in [-0.2, 0) is 0 Å². The van der Waals surface area contributed by atoms with Crippen LogP contribution in [0.4, 0.5) is 10.5 Å². The third-order valence-electron chi connectivity index (χ3n) is 4.38. The number of hydrogen-bond donors (Lipinski definition) is 2. The van der Waals surface area contributed by atoms with E-state index in [1.165, 1.54) is 0 Å². The van der Waals surface area contributed by atoms with Crippen molar-refractivity contribution in [2.24, 2.45) is 5.73 Å². The quantitative estimate of drug-likeness (QED) is 0.291. The molecule has 0 aliphatic carbocycles. The average Bonchev–Trinajstić information content (AvgIpc) is 2.79. The Morgan fingerprint density at radius 3 is 2.00 bits per heavy atom. The van der Waals surface area contributed by atoms with Gasteiger partial charge in [0.15, 0.2) is 0 Å². The van der Waals surface area contributed by atoms with Crippen molar-refractivity contribution < 1.29 is 19.0 Å². The minimum absolute atomic E-state index is 0.570. The minimum Gasteiger partial charge on any atom is -0.494 e. The minimum atomic E-state index is -0.641. The molecule has 0 bridgehead atoms. The Bertz CT molecular complexity index is 969. The average molecular weight is 439 g/mol. The van der Waals surface area contributed by atoms with Crippen molar-refractivity contribution in [2.45, 2.75) is 19.3 Å². The Labute approximate surface area is 188 Å². The second-order valence-corrected chi connectivity index (χ2v) is 7.19. The smallest absolute Gasteiger partial charge is 0.329 e. The van der Waals surface area contributed by atoms with Crippen LogP contribution < -0.4 is 24.2 Å². The van der Waals surface area contributed by atoms with Gasteiger partial charge in [0.25, 0.3) is 0 Å². The fourth-order valence-electron chi connectivity index (χ4n) is 2.85. The molecule has 0 aliphatic heterocycles. The molecule has 2 amide bonds. The number of hydrogen-bond acceptors (Lipinski definition) is 5. The zero-order valence-electron chi connectivity index (χ0n) is 17.1. The van der Waals surface area contributed by atoms with Gasteiger partial charge in [0, 0.05) is 12.1 Å². The first-order valence-electron chi connectivity index (χ1n) is 10.1. The molecule has 0 unspecified atom stereocenters. The molecule has 0 atom stereocenters. The summed E-state index contributed by atoms with van der Waals surface area (Å²) in [6, 6.07) is 23.7. The molecule has 0 heterocycles. The van der Waals surface area contributed by atoms with Gasteiger partial charge in [-0.2, -0.15) is 0 Å². The lowest BCUT2D eigenvalue weighted by atomic mass is 10.2. The molecule has 0 radical (unpaired) electrons. The molecule has 0 spiro atoms. The van der Waals surface area contributed by atoms with Gasteiger partial charge in [-0.25, -0.2) is 9.10 Å². The molecule has 6 nitrogen and oxygen atoms in total. The number of nitrogens with two attached hydrogens (primary N) is 1. The fourth-order valence-corrected chi connectivity index (χ4v) is 2.97. The summed E-state index contributed by atoms with van der Waals surface area (Å²) >= 11 is 4.05. The zero-order chi connectivity index (χ0) is 21.9. The van der Waals surface area contributed by atoms with E-state index < -0.39 is 6.03 Å². The standard InChI is InChI=1S/C24H26N2O4S/c25-24(27)26(31)19-9-7-12-21(17-19)28-15-5-2-6-16-29-22-13-8-14-23(18-22)30-20-10-3-1-4-11-20/h1,3-4,7-14,17-18,31H,2,5-6,15-16H2,(H2,25,27). The van der Waals surface area contributed by atoms with E-state index >= 15 is 0 Å². The van der Waals surface area contributed by atoms with Crippen molar-refractivity contribution in [3.63, 3.8) is 0 Å². The summed E-state index contributed by atoms with van der Waals surface area (Å²) in [6.45, 7) is 1.20. The van der Waals surface area contributed by atoms with Gasteiger partial charge in [-0.05, 0) is 55.7 Å². The molecule has 3 aromatic rings.